The Balaban J connectivity index is 2.46. The molecule has 0 saturated heterocycles. The normalized spacial score (nSPS) is 11.1. The summed E-state index contributed by atoms with van der Waals surface area (Å²) in [5.74, 6) is 0.698. The van der Waals surface area contributed by atoms with Crippen molar-refractivity contribution >= 4 is 23.4 Å². The summed E-state index contributed by atoms with van der Waals surface area (Å²) in [6.45, 7) is 8.15. The molecular weight excluding hydrogens is 308 g/mol. The van der Waals surface area contributed by atoms with E-state index < -0.39 is 0 Å². The molecule has 1 heterocycles. The van der Waals surface area contributed by atoms with Crippen molar-refractivity contribution in [2.75, 3.05) is 19.0 Å². The molecule has 2 rings (SSSR count). The van der Waals surface area contributed by atoms with Crippen molar-refractivity contribution in [1.82, 2.24) is 14.3 Å². The smallest absolute Gasteiger partial charge is 0.255 e. The van der Waals surface area contributed by atoms with Crippen molar-refractivity contribution in [3.05, 3.63) is 29.8 Å². The van der Waals surface area contributed by atoms with Crippen molar-refractivity contribution < 1.29 is 4.79 Å². The van der Waals surface area contributed by atoms with Crippen LogP contribution in [0.2, 0.25) is 0 Å². The second kappa shape index (κ2) is 7.08. The van der Waals surface area contributed by atoms with E-state index in [9.17, 15) is 4.79 Å². The van der Waals surface area contributed by atoms with Crippen molar-refractivity contribution in [2.24, 2.45) is 0 Å². The van der Waals surface area contributed by atoms with Gasteiger partial charge in [0.25, 0.3) is 5.91 Å². The number of carbonyl (C=O) groups is 1. The first kappa shape index (κ1) is 17.4. The van der Waals surface area contributed by atoms with Crippen LogP contribution in [0.5, 0.6) is 0 Å². The van der Waals surface area contributed by atoms with Gasteiger partial charge in [0.05, 0.1) is 0 Å². The average Bonchev–Trinajstić information content (AvgIpc) is 2.96. The van der Waals surface area contributed by atoms with Crippen molar-refractivity contribution in [2.45, 2.75) is 39.8 Å². The van der Waals surface area contributed by atoms with E-state index in [0.29, 0.717) is 11.5 Å². The molecule has 1 aromatic carbocycles. The van der Waals surface area contributed by atoms with E-state index in [0.717, 1.165) is 10.6 Å². The maximum Gasteiger partial charge on any atom is 0.255 e. The standard InChI is InChI=1S/C17H24N4OS/c1-11(2)21(12(3)4)16(22)14-10-8-7-9-13(14)15-18-17(19-23-15)20(5)6/h7-12H,1-6H3. The molecule has 23 heavy (non-hydrogen) atoms. The minimum atomic E-state index is 0.0344. The van der Waals surface area contributed by atoms with Gasteiger partial charge in [0.1, 0.15) is 5.01 Å². The number of aromatic nitrogens is 2. The van der Waals surface area contributed by atoms with E-state index in [2.05, 4.69) is 9.36 Å². The van der Waals surface area contributed by atoms with Crippen LogP contribution in [0.4, 0.5) is 5.95 Å². The van der Waals surface area contributed by atoms with Gasteiger partial charge < -0.3 is 9.80 Å². The molecule has 0 aliphatic heterocycles. The zero-order valence-corrected chi connectivity index (χ0v) is 15.4. The summed E-state index contributed by atoms with van der Waals surface area (Å²) in [6.07, 6.45) is 0. The fraction of sp³-hybridized carbons (Fsp3) is 0.471. The summed E-state index contributed by atoms with van der Waals surface area (Å²) in [5.41, 5.74) is 1.52. The summed E-state index contributed by atoms with van der Waals surface area (Å²) >= 11 is 1.32. The highest BCUT2D eigenvalue weighted by Gasteiger charge is 2.25. The number of hydrogen-bond acceptors (Lipinski definition) is 5. The van der Waals surface area contributed by atoms with E-state index in [1.54, 1.807) is 0 Å². The molecule has 6 heteroatoms. The number of anilines is 1. The Morgan fingerprint density at radius 1 is 1.09 bits per heavy atom. The molecule has 5 nitrogen and oxygen atoms in total. The molecule has 0 fully saturated rings. The minimum Gasteiger partial charge on any atom is -0.346 e. The largest absolute Gasteiger partial charge is 0.346 e. The third kappa shape index (κ3) is 3.69. The van der Waals surface area contributed by atoms with Gasteiger partial charge in [-0.3, -0.25) is 4.79 Å². The molecule has 0 saturated carbocycles. The molecule has 0 spiro atoms. The molecule has 2 aromatic rings. The molecular formula is C17H24N4OS. The lowest BCUT2D eigenvalue weighted by molar-refractivity contribution is 0.0644. The summed E-state index contributed by atoms with van der Waals surface area (Å²) in [6, 6.07) is 7.91. The second-order valence-electron chi connectivity index (χ2n) is 6.24. The summed E-state index contributed by atoms with van der Waals surface area (Å²) in [7, 11) is 3.81. The third-order valence-corrected chi connectivity index (χ3v) is 4.29. The number of nitrogens with zero attached hydrogens (tertiary/aromatic N) is 4. The van der Waals surface area contributed by atoms with E-state index >= 15 is 0 Å². The Morgan fingerprint density at radius 2 is 1.70 bits per heavy atom. The summed E-state index contributed by atoms with van der Waals surface area (Å²) < 4.78 is 4.34. The van der Waals surface area contributed by atoms with Crippen molar-refractivity contribution in [1.29, 1.82) is 0 Å². The van der Waals surface area contributed by atoms with Crippen LogP contribution in [0, 0.1) is 0 Å². The highest BCUT2D eigenvalue weighted by atomic mass is 32.1. The Hall–Kier alpha value is -1.95. The van der Waals surface area contributed by atoms with E-state index in [-0.39, 0.29) is 18.0 Å². The number of rotatable bonds is 5. The van der Waals surface area contributed by atoms with Crippen molar-refractivity contribution in [3.63, 3.8) is 0 Å². The van der Waals surface area contributed by atoms with Crippen LogP contribution >= 0.6 is 11.5 Å². The molecule has 1 aromatic heterocycles. The van der Waals surface area contributed by atoms with E-state index in [1.165, 1.54) is 11.5 Å². The molecule has 0 unspecified atom stereocenters. The van der Waals surface area contributed by atoms with Crippen LogP contribution in [0.1, 0.15) is 38.1 Å². The van der Waals surface area contributed by atoms with Gasteiger partial charge in [-0.05, 0) is 45.3 Å². The quantitative estimate of drug-likeness (QED) is 0.840. The highest BCUT2D eigenvalue weighted by Crippen LogP contribution is 2.28. The minimum absolute atomic E-state index is 0.0344. The van der Waals surface area contributed by atoms with Crippen LogP contribution in [-0.2, 0) is 0 Å². The van der Waals surface area contributed by atoms with Gasteiger partial charge in [0.2, 0.25) is 5.95 Å². The molecule has 1 amide bonds. The average molecular weight is 332 g/mol. The predicted molar refractivity (Wildman–Crippen MR) is 96.1 cm³/mol. The second-order valence-corrected chi connectivity index (χ2v) is 6.99. The first-order valence-electron chi connectivity index (χ1n) is 7.76. The van der Waals surface area contributed by atoms with Gasteiger partial charge >= 0.3 is 0 Å². The van der Waals surface area contributed by atoms with Crippen LogP contribution in [-0.4, -0.2) is 46.3 Å². The van der Waals surface area contributed by atoms with Crippen molar-refractivity contribution in [3.8, 4) is 10.6 Å². The lowest BCUT2D eigenvalue weighted by atomic mass is 10.0. The first-order valence-corrected chi connectivity index (χ1v) is 8.53. The van der Waals surface area contributed by atoms with Crippen LogP contribution in [0.15, 0.2) is 24.3 Å². The van der Waals surface area contributed by atoms with Gasteiger partial charge in [-0.15, -0.1) is 0 Å². The molecule has 0 N–H and O–H groups in total. The molecule has 124 valence electrons. The number of amides is 1. The zero-order valence-electron chi connectivity index (χ0n) is 14.6. The first-order chi connectivity index (χ1) is 10.8. The summed E-state index contributed by atoms with van der Waals surface area (Å²) in [5, 5.41) is 0.769. The van der Waals surface area contributed by atoms with Crippen LogP contribution in [0.3, 0.4) is 0 Å². The SMILES string of the molecule is CC(C)N(C(=O)c1ccccc1-c1nc(N(C)C)ns1)C(C)C. The van der Waals surface area contributed by atoms with Gasteiger partial charge in [-0.1, -0.05) is 18.2 Å². The Kier molecular flexibility index (Phi) is 5.36. The maximum atomic E-state index is 13.0. The third-order valence-electron chi connectivity index (χ3n) is 3.55. The number of carbonyl (C=O) groups excluding carboxylic acids is 1. The topological polar surface area (TPSA) is 49.3 Å². The molecule has 0 aliphatic carbocycles. The number of benzene rings is 1. The molecule has 0 aliphatic rings. The monoisotopic (exact) mass is 332 g/mol. The molecule has 0 bridgehead atoms. The van der Waals surface area contributed by atoms with Crippen LogP contribution in [0.25, 0.3) is 10.6 Å². The van der Waals surface area contributed by atoms with Gasteiger partial charge in [-0.25, -0.2) is 0 Å². The lowest BCUT2D eigenvalue weighted by Gasteiger charge is -2.31. The maximum absolute atomic E-state index is 13.0. The fourth-order valence-electron chi connectivity index (χ4n) is 2.57. The van der Waals surface area contributed by atoms with E-state index in [1.807, 2.05) is 75.9 Å². The summed E-state index contributed by atoms with van der Waals surface area (Å²) in [4.78, 5) is 21.3. The van der Waals surface area contributed by atoms with Gasteiger partial charge in [-0.2, -0.15) is 9.36 Å². The highest BCUT2D eigenvalue weighted by molar-refractivity contribution is 7.09. The van der Waals surface area contributed by atoms with Gasteiger partial charge in [0.15, 0.2) is 0 Å². The Morgan fingerprint density at radius 3 is 2.22 bits per heavy atom. The molecule has 0 atom stereocenters. The van der Waals surface area contributed by atoms with E-state index in [4.69, 9.17) is 0 Å². The Labute approximate surface area is 142 Å². The lowest BCUT2D eigenvalue weighted by Crippen LogP contribution is -2.42. The Bertz CT molecular complexity index is 671. The predicted octanol–water partition coefficient (Wildman–Crippen LogP) is 3.53. The van der Waals surface area contributed by atoms with Gasteiger partial charge in [0, 0.05) is 37.3 Å². The fourth-order valence-corrected chi connectivity index (χ4v) is 3.34. The molecule has 0 radical (unpaired) electrons. The number of hydrogen-bond donors (Lipinski definition) is 0. The zero-order chi connectivity index (χ0) is 17.1. The van der Waals surface area contributed by atoms with Crippen LogP contribution < -0.4 is 4.90 Å².